The molecule has 2 aromatic heterocycles. The van der Waals surface area contributed by atoms with Gasteiger partial charge in [0.05, 0.1) is 6.20 Å². The molecule has 2 heterocycles. The van der Waals surface area contributed by atoms with E-state index in [-0.39, 0.29) is 5.91 Å². The van der Waals surface area contributed by atoms with Crippen LogP contribution < -0.4 is 10.6 Å². The standard InChI is InChI=1S/C10H14N6OS/c1-3-11-10-15-14-9(18-10)8(17)12-4-7-5-13-16(2)6-7/h5-6H,3-4H2,1-2H3,(H,11,15)(H,12,17). The third kappa shape index (κ3) is 3.04. The maximum absolute atomic E-state index is 11.8. The monoisotopic (exact) mass is 266 g/mol. The summed E-state index contributed by atoms with van der Waals surface area (Å²) in [5, 5.41) is 18.5. The summed E-state index contributed by atoms with van der Waals surface area (Å²) in [5.74, 6) is -0.222. The zero-order chi connectivity index (χ0) is 13.0. The molecule has 0 bridgehead atoms. The van der Waals surface area contributed by atoms with Crippen molar-refractivity contribution in [2.45, 2.75) is 13.5 Å². The van der Waals surface area contributed by atoms with Crippen molar-refractivity contribution in [3.63, 3.8) is 0 Å². The van der Waals surface area contributed by atoms with Gasteiger partial charge in [-0.2, -0.15) is 5.10 Å². The number of amides is 1. The minimum atomic E-state index is -0.222. The molecule has 0 aromatic carbocycles. The molecular formula is C10H14N6OS. The summed E-state index contributed by atoms with van der Waals surface area (Å²) < 4.78 is 1.69. The van der Waals surface area contributed by atoms with Crippen LogP contribution in [0.25, 0.3) is 0 Å². The number of hydrogen-bond acceptors (Lipinski definition) is 6. The van der Waals surface area contributed by atoms with Gasteiger partial charge in [-0.25, -0.2) is 0 Å². The van der Waals surface area contributed by atoms with E-state index in [0.29, 0.717) is 16.7 Å². The Hall–Kier alpha value is -1.96. The van der Waals surface area contributed by atoms with Gasteiger partial charge in [0.2, 0.25) is 10.1 Å². The van der Waals surface area contributed by atoms with E-state index in [1.54, 1.807) is 10.9 Å². The number of nitrogens with zero attached hydrogens (tertiary/aromatic N) is 4. The Labute approximate surface area is 108 Å². The quantitative estimate of drug-likeness (QED) is 0.829. The molecule has 0 radical (unpaired) electrons. The highest BCUT2D eigenvalue weighted by Crippen LogP contribution is 2.14. The Bertz CT molecular complexity index is 534. The SMILES string of the molecule is CCNc1nnc(C(=O)NCc2cnn(C)c2)s1. The van der Waals surface area contributed by atoms with Crippen molar-refractivity contribution >= 4 is 22.4 Å². The van der Waals surface area contributed by atoms with Gasteiger partial charge >= 0.3 is 0 Å². The van der Waals surface area contributed by atoms with Crippen LogP contribution in [0.2, 0.25) is 0 Å². The maximum Gasteiger partial charge on any atom is 0.282 e. The van der Waals surface area contributed by atoms with Gasteiger partial charge in [-0.15, -0.1) is 10.2 Å². The lowest BCUT2D eigenvalue weighted by molar-refractivity contribution is 0.0950. The van der Waals surface area contributed by atoms with Crippen molar-refractivity contribution in [2.75, 3.05) is 11.9 Å². The molecule has 1 amide bonds. The summed E-state index contributed by atoms with van der Waals surface area (Å²) in [7, 11) is 1.83. The molecule has 8 heteroatoms. The number of rotatable bonds is 5. The van der Waals surface area contributed by atoms with Crippen LogP contribution in [0.5, 0.6) is 0 Å². The molecule has 2 rings (SSSR count). The van der Waals surface area contributed by atoms with E-state index < -0.39 is 0 Å². The molecule has 0 aliphatic rings. The second kappa shape index (κ2) is 5.58. The molecule has 0 fully saturated rings. The molecule has 2 aromatic rings. The summed E-state index contributed by atoms with van der Waals surface area (Å²) in [6.07, 6.45) is 3.56. The highest BCUT2D eigenvalue weighted by atomic mass is 32.1. The molecule has 0 aliphatic heterocycles. The van der Waals surface area contributed by atoms with Crippen LogP contribution in [0, 0.1) is 0 Å². The highest BCUT2D eigenvalue weighted by molar-refractivity contribution is 7.17. The van der Waals surface area contributed by atoms with Crippen LogP contribution in [-0.2, 0) is 13.6 Å². The lowest BCUT2D eigenvalue weighted by Gasteiger charge is -1.99. The van der Waals surface area contributed by atoms with Crippen molar-refractivity contribution in [3.05, 3.63) is 23.0 Å². The fraction of sp³-hybridized carbons (Fsp3) is 0.400. The molecule has 7 nitrogen and oxygen atoms in total. The first-order chi connectivity index (χ1) is 8.69. The lowest BCUT2D eigenvalue weighted by atomic mass is 10.3. The van der Waals surface area contributed by atoms with E-state index in [4.69, 9.17) is 0 Å². The lowest BCUT2D eigenvalue weighted by Crippen LogP contribution is -2.22. The molecule has 0 unspecified atom stereocenters. The Kier molecular flexibility index (Phi) is 3.88. The molecular weight excluding hydrogens is 252 g/mol. The third-order valence-corrected chi connectivity index (χ3v) is 3.04. The second-order valence-electron chi connectivity index (χ2n) is 3.65. The van der Waals surface area contributed by atoms with Crippen LogP contribution in [0.15, 0.2) is 12.4 Å². The number of carbonyl (C=O) groups is 1. The fourth-order valence-electron chi connectivity index (χ4n) is 1.36. The maximum atomic E-state index is 11.8. The van der Waals surface area contributed by atoms with E-state index in [0.717, 1.165) is 12.1 Å². The Balaban J connectivity index is 1.90. The minimum absolute atomic E-state index is 0.222. The summed E-state index contributed by atoms with van der Waals surface area (Å²) >= 11 is 1.24. The van der Waals surface area contributed by atoms with Crippen molar-refractivity contribution in [3.8, 4) is 0 Å². The van der Waals surface area contributed by atoms with E-state index in [2.05, 4.69) is 25.9 Å². The van der Waals surface area contributed by atoms with Gasteiger partial charge in [-0.1, -0.05) is 11.3 Å². The predicted octanol–water partition coefficient (Wildman–Crippen LogP) is 0.633. The van der Waals surface area contributed by atoms with Crippen molar-refractivity contribution in [1.29, 1.82) is 0 Å². The van der Waals surface area contributed by atoms with Crippen LogP contribution in [0.3, 0.4) is 0 Å². The zero-order valence-corrected chi connectivity index (χ0v) is 11.0. The van der Waals surface area contributed by atoms with Gasteiger partial charge in [-0.3, -0.25) is 9.48 Å². The molecule has 96 valence electrons. The van der Waals surface area contributed by atoms with Crippen LogP contribution >= 0.6 is 11.3 Å². The van der Waals surface area contributed by atoms with Gasteiger partial charge in [0.25, 0.3) is 5.91 Å². The normalized spacial score (nSPS) is 10.3. The number of aryl methyl sites for hydroxylation is 1. The van der Waals surface area contributed by atoms with E-state index in [9.17, 15) is 4.79 Å². The van der Waals surface area contributed by atoms with E-state index in [1.165, 1.54) is 11.3 Å². The van der Waals surface area contributed by atoms with Crippen molar-refractivity contribution in [2.24, 2.45) is 7.05 Å². The molecule has 0 saturated carbocycles. The number of anilines is 1. The molecule has 0 saturated heterocycles. The predicted molar refractivity (Wildman–Crippen MR) is 68.5 cm³/mol. The topological polar surface area (TPSA) is 84.7 Å². The molecule has 0 spiro atoms. The van der Waals surface area contributed by atoms with Gasteiger partial charge < -0.3 is 10.6 Å². The molecule has 2 N–H and O–H groups in total. The summed E-state index contributed by atoms with van der Waals surface area (Å²) in [4.78, 5) is 11.8. The van der Waals surface area contributed by atoms with Crippen molar-refractivity contribution in [1.82, 2.24) is 25.3 Å². The van der Waals surface area contributed by atoms with Gasteiger partial charge in [0.1, 0.15) is 0 Å². The first-order valence-corrected chi connectivity index (χ1v) is 6.33. The van der Waals surface area contributed by atoms with Crippen LogP contribution in [-0.4, -0.2) is 32.4 Å². The van der Waals surface area contributed by atoms with Gasteiger partial charge in [0, 0.05) is 31.9 Å². The number of carbonyl (C=O) groups excluding carboxylic acids is 1. The number of aromatic nitrogens is 4. The average molecular weight is 266 g/mol. The van der Waals surface area contributed by atoms with Gasteiger partial charge in [-0.05, 0) is 6.92 Å². The third-order valence-electron chi connectivity index (χ3n) is 2.16. The van der Waals surface area contributed by atoms with Crippen LogP contribution in [0.1, 0.15) is 22.3 Å². The first kappa shape index (κ1) is 12.5. The fourth-order valence-corrected chi connectivity index (χ4v) is 2.09. The van der Waals surface area contributed by atoms with Gasteiger partial charge in [0.15, 0.2) is 0 Å². The number of hydrogen-bond donors (Lipinski definition) is 2. The highest BCUT2D eigenvalue weighted by Gasteiger charge is 2.12. The molecule has 0 atom stereocenters. The Morgan fingerprint density at radius 1 is 1.50 bits per heavy atom. The average Bonchev–Trinajstić information content (AvgIpc) is 2.96. The Morgan fingerprint density at radius 2 is 2.33 bits per heavy atom. The number of nitrogens with one attached hydrogen (secondary N) is 2. The second-order valence-corrected chi connectivity index (χ2v) is 4.63. The molecule has 0 aliphatic carbocycles. The summed E-state index contributed by atoms with van der Waals surface area (Å²) in [5.41, 5.74) is 0.947. The zero-order valence-electron chi connectivity index (χ0n) is 10.2. The summed E-state index contributed by atoms with van der Waals surface area (Å²) in [6.45, 7) is 3.15. The van der Waals surface area contributed by atoms with Crippen molar-refractivity contribution < 1.29 is 4.79 Å². The largest absolute Gasteiger partial charge is 0.360 e. The molecule has 18 heavy (non-hydrogen) atoms. The minimum Gasteiger partial charge on any atom is -0.360 e. The van der Waals surface area contributed by atoms with Crippen LogP contribution in [0.4, 0.5) is 5.13 Å². The first-order valence-electron chi connectivity index (χ1n) is 5.52. The van der Waals surface area contributed by atoms with E-state index >= 15 is 0 Å². The van der Waals surface area contributed by atoms with E-state index in [1.807, 2.05) is 20.2 Å². The smallest absolute Gasteiger partial charge is 0.282 e. The Morgan fingerprint density at radius 3 is 3.00 bits per heavy atom. The summed E-state index contributed by atoms with van der Waals surface area (Å²) in [6, 6.07) is 0.